The van der Waals surface area contributed by atoms with Crippen LogP contribution in [0.1, 0.15) is 13.3 Å². The quantitative estimate of drug-likeness (QED) is 0.589. The zero-order valence-corrected chi connectivity index (χ0v) is 9.06. The third-order valence-electron chi connectivity index (χ3n) is 2.06. The van der Waals surface area contributed by atoms with Gasteiger partial charge >= 0.3 is 5.97 Å². The third kappa shape index (κ3) is 3.50. The Balaban J connectivity index is 2.44. The Labute approximate surface area is 89.5 Å². The minimum atomic E-state index is -0.258. The fourth-order valence-electron chi connectivity index (χ4n) is 1.22. The van der Waals surface area contributed by atoms with Gasteiger partial charge in [-0.2, -0.15) is 0 Å². The average Bonchev–Trinajstić information content (AvgIpc) is 2.76. The number of carbonyl (C=O) groups is 1. The van der Waals surface area contributed by atoms with Gasteiger partial charge in [0, 0.05) is 18.0 Å². The Morgan fingerprint density at radius 1 is 1.47 bits per heavy atom. The summed E-state index contributed by atoms with van der Waals surface area (Å²) in [6, 6.07) is 3.86. The maximum absolute atomic E-state index is 11.2. The molecule has 15 heavy (non-hydrogen) atoms. The number of hydrogen-bond donors (Lipinski definition) is 1. The SMILES string of the molecule is CC/C(=C/CNn1cccc1)C(=O)OC. The van der Waals surface area contributed by atoms with Gasteiger partial charge in [-0.25, -0.2) is 4.79 Å². The Bertz CT molecular complexity index is 328. The molecule has 0 atom stereocenters. The molecule has 0 aliphatic heterocycles. The summed E-state index contributed by atoms with van der Waals surface area (Å²) in [5.74, 6) is -0.258. The van der Waals surface area contributed by atoms with E-state index in [0.717, 1.165) is 0 Å². The van der Waals surface area contributed by atoms with E-state index in [2.05, 4.69) is 10.2 Å². The second-order valence-corrected chi connectivity index (χ2v) is 3.03. The van der Waals surface area contributed by atoms with Gasteiger partial charge in [0.05, 0.1) is 13.7 Å². The van der Waals surface area contributed by atoms with Crippen molar-refractivity contribution in [3.05, 3.63) is 36.2 Å². The highest BCUT2D eigenvalue weighted by molar-refractivity contribution is 5.88. The molecule has 0 aliphatic carbocycles. The molecule has 4 nitrogen and oxygen atoms in total. The van der Waals surface area contributed by atoms with Crippen molar-refractivity contribution in [3.63, 3.8) is 0 Å². The normalized spacial score (nSPS) is 11.2. The Morgan fingerprint density at radius 3 is 2.67 bits per heavy atom. The van der Waals surface area contributed by atoms with Crippen LogP contribution in [0.3, 0.4) is 0 Å². The Kier molecular flexibility index (Phi) is 4.47. The van der Waals surface area contributed by atoms with Crippen molar-refractivity contribution in [1.29, 1.82) is 0 Å². The number of nitrogens with zero attached hydrogens (tertiary/aromatic N) is 1. The molecule has 0 aliphatic rings. The molecule has 82 valence electrons. The van der Waals surface area contributed by atoms with Crippen molar-refractivity contribution in [1.82, 2.24) is 4.68 Å². The zero-order chi connectivity index (χ0) is 11.1. The minimum absolute atomic E-state index is 0.258. The lowest BCUT2D eigenvalue weighted by molar-refractivity contribution is -0.136. The highest BCUT2D eigenvalue weighted by Crippen LogP contribution is 2.01. The first-order valence-electron chi connectivity index (χ1n) is 4.92. The molecule has 1 aromatic heterocycles. The molecule has 0 aromatic carbocycles. The van der Waals surface area contributed by atoms with Crippen LogP contribution < -0.4 is 5.43 Å². The summed E-state index contributed by atoms with van der Waals surface area (Å²) in [4.78, 5) is 11.2. The van der Waals surface area contributed by atoms with Gasteiger partial charge in [0.1, 0.15) is 0 Å². The standard InChI is InChI=1S/C11H16N2O2/c1-3-10(11(14)15-2)6-7-12-13-8-4-5-9-13/h4-6,8-9,12H,3,7H2,1-2H3/b10-6-. The molecule has 0 saturated carbocycles. The molecule has 1 heterocycles. The summed E-state index contributed by atoms with van der Waals surface area (Å²) < 4.78 is 6.48. The van der Waals surface area contributed by atoms with Crippen molar-refractivity contribution in [2.45, 2.75) is 13.3 Å². The summed E-state index contributed by atoms with van der Waals surface area (Å²) in [7, 11) is 1.39. The van der Waals surface area contributed by atoms with Crippen LogP contribution in [0.2, 0.25) is 0 Å². The van der Waals surface area contributed by atoms with E-state index in [-0.39, 0.29) is 5.97 Å². The molecule has 0 radical (unpaired) electrons. The number of esters is 1. The van der Waals surface area contributed by atoms with Crippen molar-refractivity contribution in [2.24, 2.45) is 0 Å². The largest absolute Gasteiger partial charge is 0.466 e. The summed E-state index contributed by atoms with van der Waals surface area (Å²) >= 11 is 0. The molecule has 0 spiro atoms. The lowest BCUT2D eigenvalue weighted by atomic mass is 10.2. The van der Waals surface area contributed by atoms with Gasteiger partial charge in [0.2, 0.25) is 0 Å². The Morgan fingerprint density at radius 2 is 2.13 bits per heavy atom. The summed E-state index contributed by atoms with van der Waals surface area (Å²) in [5.41, 5.74) is 3.79. The first-order chi connectivity index (χ1) is 7.27. The van der Waals surface area contributed by atoms with Gasteiger partial charge < -0.3 is 10.2 Å². The van der Waals surface area contributed by atoms with Crippen LogP contribution >= 0.6 is 0 Å². The fourth-order valence-corrected chi connectivity index (χ4v) is 1.22. The summed E-state index contributed by atoms with van der Waals surface area (Å²) in [6.45, 7) is 2.53. The highest BCUT2D eigenvalue weighted by Gasteiger charge is 2.05. The smallest absolute Gasteiger partial charge is 0.333 e. The molecular formula is C11H16N2O2. The summed E-state index contributed by atoms with van der Waals surface area (Å²) in [6.07, 6.45) is 6.32. The van der Waals surface area contributed by atoms with E-state index in [0.29, 0.717) is 18.5 Å². The van der Waals surface area contributed by atoms with Gasteiger partial charge in [-0.15, -0.1) is 0 Å². The minimum Gasteiger partial charge on any atom is -0.466 e. The molecule has 1 rings (SSSR count). The van der Waals surface area contributed by atoms with Crippen LogP contribution in [0.15, 0.2) is 36.2 Å². The second kappa shape index (κ2) is 5.90. The van der Waals surface area contributed by atoms with Gasteiger partial charge in [0.15, 0.2) is 0 Å². The maximum Gasteiger partial charge on any atom is 0.333 e. The van der Waals surface area contributed by atoms with Gasteiger partial charge in [-0.05, 0) is 18.6 Å². The van der Waals surface area contributed by atoms with Gasteiger partial charge in [-0.1, -0.05) is 13.0 Å². The van der Waals surface area contributed by atoms with Crippen LogP contribution in [0.5, 0.6) is 0 Å². The fraction of sp³-hybridized carbons (Fsp3) is 0.364. The molecule has 0 fully saturated rings. The summed E-state index contributed by atoms with van der Waals surface area (Å²) in [5, 5.41) is 0. The number of ether oxygens (including phenoxy) is 1. The molecule has 0 unspecified atom stereocenters. The maximum atomic E-state index is 11.2. The van der Waals surface area contributed by atoms with E-state index in [1.807, 2.05) is 42.2 Å². The number of hydrogen-bond acceptors (Lipinski definition) is 3. The van der Waals surface area contributed by atoms with Crippen LogP contribution in [0.25, 0.3) is 0 Å². The molecule has 1 aromatic rings. The molecule has 0 amide bonds. The number of rotatable bonds is 5. The molecule has 4 heteroatoms. The predicted octanol–water partition coefficient (Wildman–Crippen LogP) is 1.54. The third-order valence-corrected chi connectivity index (χ3v) is 2.06. The van der Waals surface area contributed by atoms with E-state index in [1.54, 1.807) is 0 Å². The van der Waals surface area contributed by atoms with Crippen molar-refractivity contribution in [2.75, 3.05) is 19.1 Å². The lowest BCUT2D eigenvalue weighted by Gasteiger charge is -2.05. The average molecular weight is 208 g/mol. The molecule has 0 bridgehead atoms. The zero-order valence-electron chi connectivity index (χ0n) is 9.06. The first kappa shape index (κ1) is 11.4. The van der Waals surface area contributed by atoms with E-state index in [1.165, 1.54) is 7.11 Å². The van der Waals surface area contributed by atoms with E-state index in [9.17, 15) is 4.79 Å². The Hall–Kier alpha value is -1.71. The second-order valence-electron chi connectivity index (χ2n) is 3.03. The topological polar surface area (TPSA) is 43.3 Å². The van der Waals surface area contributed by atoms with Crippen LogP contribution in [-0.2, 0) is 9.53 Å². The van der Waals surface area contributed by atoms with E-state index < -0.39 is 0 Å². The van der Waals surface area contributed by atoms with Crippen molar-refractivity contribution < 1.29 is 9.53 Å². The molecule has 0 saturated heterocycles. The van der Waals surface area contributed by atoms with Crippen LogP contribution in [-0.4, -0.2) is 24.3 Å². The molecular weight excluding hydrogens is 192 g/mol. The number of methoxy groups -OCH3 is 1. The van der Waals surface area contributed by atoms with E-state index in [4.69, 9.17) is 0 Å². The number of carbonyl (C=O) groups excluding carboxylic acids is 1. The van der Waals surface area contributed by atoms with E-state index >= 15 is 0 Å². The highest BCUT2D eigenvalue weighted by atomic mass is 16.5. The van der Waals surface area contributed by atoms with Crippen LogP contribution in [0, 0.1) is 0 Å². The van der Waals surface area contributed by atoms with Gasteiger partial charge in [0.25, 0.3) is 0 Å². The number of aromatic nitrogens is 1. The first-order valence-corrected chi connectivity index (χ1v) is 4.92. The molecule has 1 N–H and O–H groups in total. The van der Waals surface area contributed by atoms with Crippen molar-refractivity contribution in [3.8, 4) is 0 Å². The number of nitrogens with one attached hydrogen (secondary N) is 1. The van der Waals surface area contributed by atoms with Gasteiger partial charge in [-0.3, -0.25) is 4.68 Å². The lowest BCUT2D eigenvalue weighted by Crippen LogP contribution is -2.14. The van der Waals surface area contributed by atoms with Crippen molar-refractivity contribution >= 4 is 5.97 Å². The predicted molar refractivity (Wildman–Crippen MR) is 59.0 cm³/mol. The monoisotopic (exact) mass is 208 g/mol. The van der Waals surface area contributed by atoms with Crippen LogP contribution in [0.4, 0.5) is 0 Å².